The van der Waals surface area contributed by atoms with Crippen LogP contribution >= 0.6 is 47.0 Å². The second-order valence-corrected chi connectivity index (χ2v) is 8.58. The summed E-state index contributed by atoms with van der Waals surface area (Å²) in [6, 6.07) is 5.17. The van der Waals surface area contributed by atoms with Crippen LogP contribution in [0.2, 0.25) is 0 Å². The van der Waals surface area contributed by atoms with Crippen molar-refractivity contribution in [3.05, 3.63) is 18.2 Å². The SMILES string of the molecule is COc1ccc(OC)c(NC(=S)N[C@H](NC(=O)CC(C)C)C(Cl)(Cl)Cl)c1. The third kappa shape index (κ3) is 7.61. The first-order chi connectivity index (χ1) is 12.1. The van der Waals surface area contributed by atoms with Crippen LogP contribution in [0, 0.1) is 5.92 Å². The molecule has 1 amide bonds. The van der Waals surface area contributed by atoms with Gasteiger partial charge in [-0.1, -0.05) is 48.7 Å². The van der Waals surface area contributed by atoms with Gasteiger partial charge in [0.05, 0.1) is 19.9 Å². The number of halogens is 3. The molecule has 0 aliphatic heterocycles. The average molecular weight is 443 g/mol. The number of hydrogen-bond acceptors (Lipinski definition) is 4. The van der Waals surface area contributed by atoms with E-state index in [0.29, 0.717) is 23.6 Å². The van der Waals surface area contributed by atoms with Crippen molar-refractivity contribution in [2.45, 2.75) is 30.2 Å². The third-order valence-corrected chi connectivity index (χ3v) is 4.03. The lowest BCUT2D eigenvalue weighted by Crippen LogP contribution is -2.56. The number of nitrogens with one attached hydrogen (secondary N) is 3. The Morgan fingerprint density at radius 1 is 1.19 bits per heavy atom. The van der Waals surface area contributed by atoms with Gasteiger partial charge in [-0.2, -0.15) is 0 Å². The number of carbonyl (C=O) groups excluding carboxylic acids is 1. The van der Waals surface area contributed by atoms with E-state index in [1.54, 1.807) is 25.3 Å². The fourth-order valence-corrected chi connectivity index (χ4v) is 2.55. The van der Waals surface area contributed by atoms with Gasteiger partial charge in [-0.3, -0.25) is 4.79 Å². The highest BCUT2D eigenvalue weighted by atomic mass is 35.6. The van der Waals surface area contributed by atoms with Gasteiger partial charge < -0.3 is 25.4 Å². The zero-order chi connectivity index (χ0) is 19.9. The Morgan fingerprint density at radius 2 is 1.85 bits per heavy atom. The fourth-order valence-electron chi connectivity index (χ4n) is 1.99. The predicted octanol–water partition coefficient (Wildman–Crippen LogP) is 3.85. The van der Waals surface area contributed by atoms with Crippen molar-refractivity contribution in [2.75, 3.05) is 19.5 Å². The summed E-state index contributed by atoms with van der Waals surface area (Å²) in [6.45, 7) is 3.83. The van der Waals surface area contributed by atoms with Crippen LogP contribution in [-0.4, -0.2) is 35.2 Å². The molecule has 0 radical (unpaired) electrons. The minimum absolute atomic E-state index is 0.137. The Morgan fingerprint density at radius 3 is 2.35 bits per heavy atom. The molecule has 0 saturated heterocycles. The quantitative estimate of drug-likeness (QED) is 0.338. The Labute approximate surface area is 173 Å². The summed E-state index contributed by atoms with van der Waals surface area (Å²) < 4.78 is 8.65. The number of benzene rings is 1. The van der Waals surface area contributed by atoms with E-state index in [2.05, 4.69) is 16.0 Å². The van der Waals surface area contributed by atoms with Crippen molar-refractivity contribution in [2.24, 2.45) is 5.92 Å². The molecule has 0 aromatic heterocycles. The highest BCUT2D eigenvalue weighted by Crippen LogP contribution is 2.31. The lowest BCUT2D eigenvalue weighted by molar-refractivity contribution is -0.122. The van der Waals surface area contributed by atoms with Gasteiger partial charge in [0.15, 0.2) is 5.11 Å². The van der Waals surface area contributed by atoms with Gasteiger partial charge >= 0.3 is 0 Å². The predicted molar refractivity (Wildman–Crippen MR) is 111 cm³/mol. The molecule has 0 aliphatic carbocycles. The molecule has 146 valence electrons. The second kappa shape index (κ2) is 10.3. The van der Waals surface area contributed by atoms with Crippen molar-refractivity contribution in [3.8, 4) is 11.5 Å². The van der Waals surface area contributed by atoms with Crippen LogP contribution in [0.15, 0.2) is 18.2 Å². The van der Waals surface area contributed by atoms with Crippen molar-refractivity contribution in [1.29, 1.82) is 0 Å². The lowest BCUT2D eigenvalue weighted by Gasteiger charge is -2.28. The molecule has 1 atom stereocenters. The molecular formula is C16H22Cl3N3O3S. The highest BCUT2D eigenvalue weighted by Gasteiger charge is 2.34. The zero-order valence-corrected chi connectivity index (χ0v) is 17.9. The molecule has 26 heavy (non-hydrogen) atoms. The molecular weight excluding hydrogens is 421 g/mol. The van der Waals surface area contributed by atoms with Gasteiger partial charge in [0, 0.05) is 12.5 Å². The Hall–Kier alpha value is -1.15. The molecule has 1 aromatic rings. The summed E-state index contributed by atoms with van der Waals surface area (Å²) in [5, 5.41) is 8.50. The summed E-state index contributed by atoms with van der Waals surface area (Å²) in [5.74, 6) is 1.06. The van der Waals surface area contributed by atoms with E-state index in [0.717, 1.165) is 0 Å². The van der Waals surface area contributed by atoms with Gasteiger partial charge in [0.2, 0.25) is 9.70 Å². The second-order valence-electron chi connectivity index (χ2n) is 5.80. The van der Waals surface area contributed by atoms with Crippen molar-refractivity contribution >= 4 is 63.7 Å². The Kier molecular flexibility index (Phi) is 9.03. The molecule has 1 aromatic carbocycles. The molecule has 3 N–H and O–H groups in total. The van der Waals surface area contributed by atoms with Crippen molar-refractivity contribution < 1.29 is 14.3 Å². The Bertz CT molecular complexity index is 639. The van der Waals surface area contributed by atoms with Gasteiger partial charge in [0.1, 0.15) is 17.7 Å². The van der Waals surface area contributed by atoms with Gasteiger partial charge in [-0.25, -0.2) is 0 Å². The maximum atomic E-state index is 12.0. The largest absolute Gasteiger partial charge is 0.497 e. The van der Waals surface area contributed by atoms with E-state index in [4.69, 9.17) is 56.5 Å². The lowest BCUT2D eigenvalue weighted by atomic mass is 10.1. The third-order valence-electron chi connectivity index (χ3n) is 3.16. The molecule has 0 bridgehead atoms. The number of rotatable bonds is 7. The number of amides is 1. The number of thiocarbonyl (C=S) groups is 1. The summed E-state index contributed by atoms with van der Waals surface area (Å²) in [4.78, 5) is 12.0. The number of alkyl halides is 3. The van der Waals surface area contributed by atoms with Crippen LogP contribution < -0.4 is 25.4 Å². The molecule has 6 nitrogen and oxygen atoms in total. The first-order valence-electron chi connectivity index (χ1n) is 7.72. The van der Waals surface area contributed by atoms with Crippen LogP contribution in [0.25, 0.3) is 0 Å². The monoisotopic (exact) mass is 441 g/mol. The molecule has 0 fully saturated rings. The molecule has 0 heterocycles. The number of hydrogen-bond donors (Lipinski definition) is 3. The summed E-state index contributed by atoms with van der Waals surface area (Å²) in [6.07, 6.45) is -0.724. The molecule has 0 unspecified atom stereocenters. The smallest absolute Gasteiger partial charge is 0.228 e. The number of anilines is 1. The minimum Gasteiger partial charge on any atom is -0.497 e. The van der Waals surface area contributed by atoms with Crippen LogP contribution in [-0.2, 0) is 4.79 Å². The fraction of sp³-hybridized carbons (Fsp3) is 0.500. The summed E-state index contributed by atoms with van der Waals surface area (Å²) in [7, 11) is 3.07. The molecule has 0 spiro atoms. The number of ether oxygens (including phenoxy) is 2. The van der Waals surface area contributed by atoms with E-state index in [1.807, 2.05) is 13.8 Å². The maximum Gasteiger partial charge on any atom is 0.228 e. The van der Waals surface area contributed by atoms with Gasteiger partial charge in [-0.15, -0.1) is 0 Å². The average Bonchev–Trinajstić information content (AvgIpc) is 2.52. The van der Waals surface area contributed by atoms with Crippen LogP contribution in [0.1, 0.15) is 20.3 Å². The van der Waals surface area contributed by atoms with Gasteiger partial charge in [-0.05, 0) is 30.3 Å². The normalized spacial score (nSPS) is 12.3. The summed E-state index contributed by atoms with van der Waals surface area (Å²) in [5.41, 5.74) is 0.556. The topological polar surface area (TPSA) is 71.6 Å². The van der Waals surface area contributed by atoms with E-state index in [-0.39, 0.29) is 16.9 Å². The van der Waals surface area contributed by atoms with E-state index < -0.39 is 9.96 Å². The highest BCUT2D eigenvalue weighted by molar-refractivity contribution is 7.80. The minimum atomic E-state index is -1.81. The molecule has 0 aliphatic rings. The van der Waals surface area contributed by atoms with E-state index in [9.17, 15) is 4.79 Å². The first-order valence-corrected chi connectivity index (χ1v) is 9.26. The number of carbonyl (C=O) groups is 1. The van der Waals surface area contributed by atoms with E-state index in [1.165, 1.54) is 7.11 Å². The van der Waals surface area contributed by atoms with Crippen molar-refractivity contribution in [3.63, 3.8) is 0 Å². The van der Waals surface area contributed by atoms with Gasteiger partial charge in [0.25, 0.3) is 0 Å². The number of methoxy groups -OCH3 is 2. The molecule has 0 saturated carbocycles. The molecule has 10 heteroatoms. The first kappa shape index (κ1) is 22.9. The standard InChI is InChI=1S/C16H22Cl3N3O3S/c1-9(2)7-13(23)21-14(16(17,18)19)22-15(26)20-11-8-10(24-3)5-6-12(11)25-4/h5-6,8-9,14H,7H2,1-4H3,(H,21,23)(H2,20,22,26)/t14-/m0/s1. The van der Waals surface area contributed by atoms with Crippen molar-refractivity contribution in [1.82, 2.24) is 10.6 Å². The van der Waals surface area contributed by atoms with E-state index >= 15 is 0 Å². The zero-order valence-electron chi connectivity index (χ0n) is 14.9. The van der Waals surface area contributed by atoms with Crippen LogP contribution in [0.3, 0.4) is 0 Å². The molecule has 1 rings (SSSR count). The summed E-state index contributed by atoms with van der Waals surface area (Å²) >= 11 is 23.1. The Balaban J connectivity index is 2.86. The van der Waals surface area contributed by atoms with Crippen LogP contribution in [0.5, 0.6) is 11.5 Å². The van der Waals surface area contributed by atoms with Crippen LogP contribution in [0.4, 0.5) is 5.69 Å². The maximum absolute atomic E-state index is 12.0.